The Morgan fingerprint density at radius 2 is 1.76 bits per heavy atom. The van der Waals surface area contributed by atoms with E-state index in [0.717, 1.165) is 23.8 Å². The number of halogens is 1. The number of amides is 1. The standard InChI is InChI=1S/C26H31FN6O3S/c1-28-25(26(34)32-14-16-33(17-15-32)37(2,35)36)31-24(20-6-4-3-5-7-20)30-13-12-29-23-18-22(23)19-8-10-21(27)11-9-19/h3-11,22-23,29H,1,12-18H2,2H3/b30-24-,31-25-/t22-,23+/m0/s1. The Bertz CT molecular complexity index is 1270. The number of carbonyl (C=O) groups is 1. The summed E-state index contributed by atoms with van der Waals surface area (Å²) in [6, 6.07) is 16.3. The van der Waals surface area contributed by atoms with Crippen LogP contribution < -0.4 is 5.32 Å². The van der Waals surface area contributed by atoms with Gasteiger partial charge in [0, 0.05) is 50.2 Å². The average Bonchev–Trinajstić information content (AvgIpc) is 3.68. The molecule has 2 fully saturated rings. The number of hydrogen-bond donors (Lipinski definition) is 1. The van der Waals surface area contributed by atoms with Gasteiger partial charge in [0.05, 0.1) is 12.8 Å². The topological polar surface area (TPSA) is 107 Å². The van der Waals surface area contributed by atoms with Gasteiger partial charge in [0.1, 0.15) is 5.82 Å². The SMILES string of the molecule is C=N/C(=N\C(=N/CCN[C@@H]1C[C@H]1c1ccc(F)cc1)c1ccccc1)C(=O)N1CCN(S(C)(=O)=O)CC1. The molecule has 9 nitrogen and oxygen atoms in total. The van der Waals surface area contributed by atoms with Crippen molar-refractivity contribution in [2.75, 3.05) is 45.5 Å². The fraction of sp³-hybridized carbons (Fsp3) is 0.385. The summed E-state index contributed by atoms with van der Waals surface area (Å²) in [5.74, 6) is 0.0135. The van der Waals surface area contributed by atoms with E-state index in [0.29, 0.717) is 30.9 Å². The van der Waals surface area contributed by atoms with Crippen LogP contribution in [0, 0.1) is 5.82 Å². The van der Waals surface area contributed by atoms with Crippen LogP contribution >= 0.6 is 0 Å². The van der Waals surface area contributed by atoms with E-state index in [1.807, 2.05) is 42.5 Å². The third kappa shape index (κ3) is 7.15. The summed E-state index contributed by atoms with van der Waals surface area (Å²) in [6.45, 7) is 5.52. The highest BCUT2D eigenvalue weighted by molar-refractivity contribution is 7.88. The summed E-state index contributed by atoms with van der Waals surface area (Å²) in [5.41, 5.74) is 1.86. The van der Waals surface area contributed by atoms with E-state index in [1.54, 1.807) is 0 Å². The van der Waals surface area contributed by atoms with Gasteiger partial charge in [-0.1, -0.05) is 42.5 Å². The van der Waals surface area contributed by atoms with Gasteiger partial charge >= 0.3 is 0 Å². The number of piperazine rings is 1. The second-order valence-corrected chi connectivity index (χ2v) is 11.1. The molecular weight excluding hydrogens is 495 g/mol. The van der Waals surface area contributed by atoms with Crippen LogP contribution in [0.25, 0.3) is 0 Å². The van der Waals surface area contributed by atoms with Crippen LogP contribution in [0.2, 0.25) is 0 Å². The maximum Gasteiger partial charge on any atom is 0.291 e. The molecule has 1 saturated heterocycles. The molecule has 0 radical (unpaired) electrons. The van der Waals surface area contributed by atoms with Gasteiger partial charge in [-0.15, -0.1) is 0 Å². The zero-order valence-electron chi connectivity index (χ0n) is 20.8. The molecule has 1 amide bonds. The molecule has 4 rings (SSSR count). The number of rotatable bonds is 7. The molecule has 2 aromatic carbocycles. The molecule has 0 bridgehead atoms. The Balaban J connectivity index is 1.40. The van der Waals surface area contributed by atoms with Crippen LogP contribution in [0.4, 0.5) is 4.39 Å². The molecule has 0 unspecified atom stereocenters. The van der Waals surface area contributed by atoms with Gasteiger partial charge in [-0.3, -0.25) is 9.79 Å². The molecule has 0 spiro atoms. The van der Waals surface area contributed by atoms with Gasteiger partial charge in [-0.05, 0) is 30.8 Å². The third-order valence-corrected chi connectivity index (χ3v) is 7.75. The van der Waals surface area contributed by atoms with Crippen molar-refractivity contribution in [1.29, 1.82) is 0 Å². The van der Waals surface area contributed by atoms with E-state index in [4.69, 9.17) is 0 Å². The van der Waals surface area contributed by atoms with E-state index in [1.165, 1.54) is 21.3 Å². The van der Waals surface area contributed by atoms with Crippen LogP contribution in [0.5, 0.6) is 0 Å². The first-order chi connectivity index (χ1) is 17.8. The number of hydrogen-bond acceptors (Lipinski definition) is 5. The molecule has 37 heavy (non-hydrogen) atoms. The Morgan fingerprint density at radius 1 is 1.08 bits per heavy atom. The summed E-state index contributed by atoms with van der Waals surface area (Å²) in [5, 5.41) is 3.47. The molecule has 0 aromatic heterocycles. The fourth-order valence-electron chi connectivity index (χ4n) is 4.30. The lowest BCUT2D eigenvalue weighted by molar-refractivity contribution is -0.125. The van der Waals surface area contributed by atoms with Crippen molar-refractivity contribution in [3.8, 4) is 0 Å². The molecule has 1 heterocycles. The highest BCUT2D eigenvalue weighted by Crippen LogP contribution is 2.40. The fourth-order valence-corrected chi connectivity index (χ4v) is 5.13. The molecule has 2 atom stereocenters. The molecule has 1 aliphatic carbocycles. The number of carbonyl (C=O) groups excluding carboxylic acids is 1. The number of amidine groups is 2. The first kappa shape index (κ1) is 26.8. The maximum absolute atomic E-state index is 13.2. The highest BCUT2D eigenvalue weighted by Gasteiger charge is 2.37. The first-order valence-electron chi connectivity index (χ1n) is 12.1. The second kappa shape index (κ2) is 11.8. The molecule has 1 N–H and O–H groups in total. The Kier molecular flexibility index (Phi) is 8.57. The van der Waals surface area contributed by atoms with Crippen LogP contribution in [-0.2, 0) is 14.8 Å². The minimum absolute atomic E-state index is 0.0815. The lowest BCUT2D eigenvalue weighted by Crippen LogP contribution is -2.51. The lowest BCUT2D eigenvalue weighted by Gasteiger charge is -2.32. The monoisotopic (exact) mass is 526 g/mol. The van der Waals surface area contributed by atoms with Gasteiger partial charge < -0.3 is 10.2 Å². The molecule has 11 heteroatoms. The van der Waals surface area contributed by atoms with Gasteiger partial charge in [-0.25, -0.2) is 22.8 Å². The molecule has 2 aromatic rings. The minimum atomic E-state index is -3.30. The van der Waals surface area contributed by atoms with Crippen molar-refractivity contribution >= 4 is 34.3 Å². The smallest absolute Gasteiger partial charge is 0.291 e. The van der Waals surface area contributed by atoms with Crippen LogP contribution in [0.15, 0.2) is 69.6 Å². The average molecular weight is 527 g/mol. The number of nitrogens with zero attached hydrogens (tertiary/aromatic N) is 5. The first-order valence-corrected chi connectivity index (χ1v) is 14.0. The van der Waals surface area contributed by atoms with Crippen molar-refractivity contribution in [3.05, 3.63) is 71.5 Å². The largest absolute Gasteiger partial charge is 0.333 e. The summed E-state index contributed by atoms with van der Waals surface area (Å²) in [7, 11) is -3.30. The number of sulfonamides is 1. The zero-order valence-corrected chi connectivity index (χ0v) is 21.6. The van der Waals surface area contributed by atoms with E-state index in [-0.39, 0.29) is 37.8 Å². The number of aliphatic imine (C=N–C) groups is 3. The molecular formula is C26H31FN6O3S. The van der Waals surface area contributed by atoms with Crippen molar-refractivity contribution in [2.45, 2.75) is 18.4 Å². The van der Waals surface area contributed by atoms with Gasteiger partial charge in [0.2, 0.25) is 15.9 Å². The van der Waals surface area contributed by atoms with Crippen molar-refractivity contribution in [2.24, 2.45) is 15.0 Å². The molecule has 1 aliphatic heterocycles. The van der Waals surface area contributed by atoms with Gasteiger partial charge in [0.25, 0.3) is 5.91 Å². The van der Waals surface area contributed by atoms with Crippen LogP contribution in [0.1, 0.15) is 23.5 Å². The number of benzene rings is 2. The predicted molar refractivity (Wildman–Crippen MR) is 143 cm³/mol. The van der Waals surface area contributed by atoms with E-state index in [2.05, 4.69) is 27.0 Å². The van der Waals surface area contributed by atoms with Crippen LogP contribution in [0.3, 0.4) is 0 Å². The normalized spacial score (nSPS) is 21.1. The van der Waals surface area contributed by atoms with Gasteiger partial charge in [-0.2, -0.15) is 4.31 Å². The molecule has 2 aliphatic rings. The summed E-state index contributed by atoms with van der Waals surface area (Å²) in [6.07, 6.45) is 2.15. The Hall–Kier alpha value is -3.28. The van der Waals surface area contributed by atoms with E-state index in [9.17, 15) is 17.6 Å². The summed E-state index contributed by atoms with van der Waals surface area (Å²) < 4.78 is 38.0. The van der Waals surface area contributed by atoms with Gasteiger partial charge in [0.15, 0.2) is 5.84 Å². The molecule has 1 saturated carbocycles. The Morgan fingerprint density at radius 3 is 2.38 bits per heavy atom. The third-order valence-electron chi connectivity index (χ3n) is 6.45. The quantitative estimate of drug-likeness (QED) is 0.338. The zero-order chi connectivity index (χ0) is 26.4. The maximum atomic E-state index is 13.2. The van der Waals surface area contributed by atoms with E-state index < -0.39 is 15.9 Å². The lowest BCUT2D eigenvalue weighted by atomic mass is 10.1. The minimum Gasteiger partial charge on any atom is -0.333 e. The highest BCUT2D eigenvalue weighted by atomic mass is 32.2. The number of nitrogens with one attached hydrogen (secondary N) is 1. The van der Waals surface area contributed by atoms with Crippen molar-refractivity contribution < 1.29 is 17.6 Å². The predicted octanol–water partition coefficient (Wildman–Crippen LogP) is 1.92. The summed E-state index contributed by atoms with van der Waals surface area (Å²) in [4.78, 5) is 27.6. The second-order valence-electron chi connectivity index (χ2n) is 9.07. The Labute approximate surface area is 216 Å². The van der Waals surface area contributed by atoms with E-state index >= 15 is 0 Å². The summed E-state index contributed by atoms with van der Waals surface area (Å²) >= 11 is 0. The molecule has 196 valence electrons. The van der Waals surface area contributed by atoms with Crippen molar-refractivity contribution in [1.82, 2.24) is 14.5 Å². The van der Waals surface area contributed by atoms with Crippen LogP contribution in [-0.4, -0.2) is 93.5 Å². The van der Waals surface area contributed by atoms with Crippen molar-refractivity contribution in [3.63, 3.8) is 0 Å².